The second-order valence-corrected chi connectivity index (χ2v) is 5.30. The molecule has 1 aromatic rings. The highest BCUT2D eigenvalue weighted by Crippen LogP contribution is 2.18. The van der Waals surface area contributed by atoms with Gasteiger partial charge < -0.3 is 25.2 Å². The minimum absolute atomic E-state index is 0.0280. The number of esters is 2. The molecule has 0 bridgehead atoms. The van der Waals surface area contributed by atoms with Gasteiger partial charge in [-0.1, -0.05) is 6.92 Å². The Morgan fingerprint density at radius 1 is 1.12 bits per heavy atom. The van der Waals surface area contributed by atoms with E-state index in [9.17, 15) is 19.5 Å². The zero-order valence-corrected chi connectivity index (χ0v) is 14.0. The van der Waals surface area contributed by atoms with E-state index in [2.05, 4.69) is 10.6 Å². The van der Waals surface area contributed by atoms with Crippen LogP contribution in [0.5, 0.6) is 5.75 Å². The van der Waals surface area contributed by atoms with Crippen LogP contribution in [0.15, 0.2) is 35.5 Å². The summed E-state index contributed by atoms with van der Waals surface area (Å²) in [6, 6.07) is 4.55. The molecule has 3 N–H and O–H groups in total. The van der Waals surface area contributed by atoms with E-state index in [1.165, 1.54) is 24.3 Å². The number of phenols is 1. The van der Waals surface area contributed by atoms with Gasteiger partial charge in [0.1, 0.15) is 12.4 Å². The standard InChI is InChI=1S/C17H20N2O6/c1-3-12-14(16(22)24-4-2)13(19-17(23)18-12)9-25-15(21)10-5-7-11(20)8-6-10/h5-8,12,20H,3-4,9H2,1-2H3,(H2,18,19,23)/t12-/m0/s1. The molecule has 134 valence electrons. The van der Waals surface area contributed by atoms with Gasteiger partial charge in [0.15, 0.2) is 0 Å². The molecule has 1 aromatic carbocycles. The first-order valence-corrected chi connectivity index (χ1v) is 7.90. The minimum Gasteiger partial charge on any atom is -0.508 e. The maximum atomic E-state index is 12.2. The highest BCUT2D eigenvalue weighted by Gasteiger charge is 2.32. The zero-order valence-electron chi connectivity index (χ0n) is 14.0. The molecule has 0 aromatic heterocycles. The number of hydrogen-bond donors (Lipinski definition) is 3. The number of hydrogen-bond acceptors (Lipinski definition) is 6. The lowest BCUT2D eigenvalue weighted by molar-refractivity contribution is -0.139. The Morgan fingerprint density at radius 2 is 1.80 bits per heavy atom. The number of nitrogens with one attached hydrogen (secondary N) is 2. The Bertz CT molecular complexity index is 696. The number of amides is 2. The first kappa shape index (κ1) is 18.3. The van der Waals surface area contributed by atoms with Gasteiger partial charge in [0, 0.05) is 0 Å². The van der Waals surface area contributed by atoms with E-state index in [0.29, 0.717) is 6.42 Å². The molecular weight excluding hydrogens is 328 g/mol. The summed E-state index contributed by atoms with van der Waals surface area (Å²) in [5.74, 6) is -1.19. The lowest BCUT2D eigenvalue weighted by Crippen LogP contribution is -2.51. The van der Waals surface area contributed by atoms with E-state index >= 15 is 0 Å². The van der Waals surface area contributed by atoms with Gasteiger partial charge in [-0.2, -0.15) is 0 Å². The van der Waals surface area contributed by atoms with Gasteiger partial charge in [0.25, 0.3) is 0 Å². The Hall–Kier alpha value is -3.03. The molecule has 8 nitrogen and oxygen atoms in total. The molecule has 0 saturated heterocycles. The van der Waals surface area contributed by atoms with E-state index in [0.717, 1.165) is 0 Å². The lowest BCUT2D eigenvalue weighted by atomic mass is 10.0. The molecule has 2 rings (SSSR count). The minimum atomic E-state index is -0.642. The molecule has 0 fully saturated rings. The van der Waals surface area contributed by atoms with E-state index in [1.807, 2.05) is 6.92 Å². The molecule has 1 aliphatic rings. The first-order chi connectivity index (χ1) is 12.0. The van der Waals surface area contributed by atoms with Crippen LogP contribution in [0.25, 0.3) is 0 Å². The summed E-state index contributed by atoms with van der Waals surface area (Å²) in [7, 11) is 0. The van der Waals surface area contributed by atoms with Crippen molar-refractivity contribution in [3.63, 3.8) is 0 Å². The van der Waals surface area contributed by atoms with Crippen LogP contribution in [-0.2, 0) is 14.3 Å². The Kier molecular flexibility index (Phi) is 5.99. The molecule has 0 unspecified atom stereocenters. The molecule has 0 aliphatic carbocycles. The summed E-state index contributed by atoms with van der Waals surface area (Å²) in [6.45, 7) is 3.40. The largest absolute Gasteiger partial charge is 0.508 e. The molecule has 1 aliphatic heterocycles. The van der Waals surface area contributed by atoms with Gasteiger partial charge in [-0.25, -0.2) is 14.4 Å². The van der Waals surface area contributed by atoms with Gasteiger partial charge >= 0.3 is 18.0 Å². The molecule has 1 heterocycles. The normalized spacial score (nSPS) is 16.7. The van der Waals surface area contributed by atoms with Crippen LogP contribution in [0.3, 0.4) is 0 Å². The maximum Gasteiger partial charge on any atom is 0.338 e. The van der Waals surface area contributed by atoms with Gasteiger partial charge in [0.05, 0.1) is 29.5 Å². The molecule has 1 atom stereocenters. The Morgan fingerprint density at radius 3 is 2.40 bits per heavy atom. The molecule has 8 heteroatoms. The smallest absolute Gasteiger partial charge is 0.338 e. The number of urea groups is 1. The number of benzene rings is 1. The van der Waals surface area contributed by atoms with Crippen molar-refractivity contribution in [2.45, 2.75) is 26.3 Å². The summed E-state index contributed by atoms with van der Waals surface area (Å²) in [6.07, 6.45) is 0.483. The topological polar surface area (TPSA) is 114 Å². The second kappa shape index (κ2) is 8.18. The zero-order chi connectivity index (χ0) is 18.4. The fourth-order valence-corrected chi connectivity index (χ4v) is 2.39. The van der Waals surface area contributed by atoms with Crippen molar-refractivity contribution in [2.75, 3.05) is 13.2 Å². The van der Waals surface area contributed by atoms with Crippen LogP contribution in [0.1, 0.15) is 30.6 Å². The number of carbonyl (C=O) groups excluding carboxylic acids is 3. The third-order valence-electron chi connectivity index (χ3n) is 3.60. The fourth-order valence-electron chi connectivity index (χ4n) is 2.39. The summed E-state index contributed by atoms with van der Waals surface area (Å²) >= 11 is 0. The van der Waals surface area contributed by atoms with Crippen LogP contribution in [0.4, 0.5) is 4.79 Å². The third kappa shape index (κ3) is 4.50. The van der Waals surface area contributed by atoms with Crippen molar-refractivity contribution >= 4 is 18.0 Å². The van der Waals surface area contributed by atoms with E-state index in [4.69, 9.17) is 9.47 Å². The van der Waals surface area contributed by atoms with Crippen molar-refractivity contribution < 1.29 is 29.0 Å². The summed E-state index contributed by atoms with van der Waals surface area (Å²) in [5.41, 5.74) is 0.673. The maximum absolute atomic E-state index is 12.2. The van der Waals surface area contributed by atoms with E-state index in [1.54, 1.807) is 6.92 Å². The van der Waals surface area contributed by atoms with E-state index in [-0.39, 0.29) is 35.8 Å². The summed E-state index contributed by atoms with van der Waals surface area (Å²) in [4.78, 5) is 36.0. The molecule has 25 heavy (non-hydrogen) atoms. The number of ether oxygens (including phenoxy) is 2. The van der Waals surface area contributed by atoms with Crippen LogP contribution in [0, 0.1) is 0 Å². The Labute approximate surface area is 144 Å². The average molecular weight is 348 g/mol. The van der Waals surface area contributed by atoms with Gasteiger partial charge in [0.2, 0.25) is 0 Å². The average Bonchev–Trinajstić information content (AvgIpc) is 2.59. The Balaban J connectivity index is 2.19. The van der Waals surface area contributed by atoms with Crippen molar-refractivity contribution in [3.05, 3.63) is 41.1 Å². The molecular formula is C17H20N2O6. The number of rotatable bonds is 6. The van der Waals surface area contributed by atoms with Crippen molar-refractivity contribution in [1.82, 2.24) is 10.6 Å². The van der Waals surface area contributed by atoms with Gasteiger partial charge in [-0.15, -0.1) is 0 Å². The highest BCUT2D eigenvalue weighted by molar-refractivity contribution is 5.95. The third-order valence-corrected chi connectivity index (χ3v) is 3.60. The number of aromatic hydroxyl groups is 1. The monoisotopic (exact) mass is 348 g/mol. The van der Waals surface area contributed by atoms with Crippen LogP contribution in [0.2, 0.25) is 0 Å². The SMILES string of the molecule is CCOC(=O)C1=C(COC(=O)c2ccc(O)cc2)NC(=O)N[C@H]1CC. The van der Waals surface area contributed by atoms with Crippen LogP contribution in [-0.4, -0.2) is 42.3 Å². The number of phenolic OH excluding ortho intramolecular Hbond substituents is 1. The quantitative estimate of drug-likeness (QED) is 0.671. The lowest BCUT2D eigenvalue weighted by Gasteiger charge is -2.28. The second-order valence-electron chi connectivity index (χ2n) is 5.30. The van der Waals surface area contributed by atoms with Crippen molar-refractivity contribution in [3.8, 4) is 5.75 Å². The predicted molar refractivity (Wildman–Crippen MR) is 87.8 cm³/mol. The molecule has 2 amide bonds. The molecule has 0 radical (unpaired) electrons. The van der Waals surface area contributed by atoms with Crippen molar-refractivity contribution in [1.29, 1.82) is 0 Å². The van der Waals surface area contributed by atoms with E-state index < -0.39 is 24.0 Å². The first-order valence-electron chi connectivity index (χ1n) is 7.90. The van der Waals surface area contributed by atoms with Crippen molar-refractivity contribution in [2.24, 2.45) is 0 Å². The molecule has 0 saturated carbocycles. The van der Waals surface area contributed by atoms with Crippen LogP contribution < -0.4 is 10.6 Å². The van der Waals surface area contributed by atoms with Gasteiger partial charge in [-0.3, -0.25) is 0 Å². The number of carbonyl (C=O) groups is 3. The molecule has 0 spiro atoms. The van der Waals surface area contributed by atoms with Crippen LogP contribution >= 0.6 is 0 Å². The fraction of sp³-hybridized carbons (Fsp3) is 0.353. The summed E-state index contributed by atoms with van der Waals surface area (Å²) in [5, 5.41) is 14.4. The van der Waals surface area contributed by atoms with Gasteiger partial charge in [-0.05, 0) is 37.6 Å². The predicted octanol–water partition coefficient (Wildman–Crippen LogP) is 1.46. The summed E-state index contributed by atoms with van der Waals surface area (Å²) < 4.78 is 10.2. The highest BCUT2D eigenvalue weighted by atomic mass is 16.5.